The molecule has 3 rings (SSSR count). The Bertz CT molecular complexity index is 586. The smallest absolute Gasteiger partial charge is 0.410 e. The van der Waals surface area contributed by atoms with E-state index in [0.29, 0.717) is 6.42 Å². The van der Waals surface area contributed by atoms with Crippen LogP contribution in [0.5, 0.6) is 0 Å². The highest BCUT2D eigenvalue weighted by atomic mass is 19.1. The van der Waals surface area contributed by atoms with Gasteiger partial charge in [0.25, 0.3) is 0 Å². The molecule has 1 aliphatic heterocycles. The second-order valence-corrected chi connectivity index (χ2v) is 8.06. The largest absolute Gasteiger partial charge is 0.468 e. The van der Waals surface area contributed by atoms with Crippen molar-refractivity contribution in [2.24, 2.45) is 23.2 Å². The summed E-state index contributed by atoms with van der Waals surface area (Å²) in [5.74, 6) is -2.21. The third kappa shape index (κ3) is 2.48. The molecule has 134 valence electrons. The molecule has 0 aromatic rings. The lowest BCUT2D eigenvalue weighted by Gasteiger charge is -2.45. The Morgan fingerprint density at radius 1 is 1.33 bits per heavy atom. The molecule has 0 aromatic carbocycles. The SMILES string of the molecule is COC(=O)C1C(=O)C2CC2[C@@]12CCN(C(=O)OC(C)(C)C)C[C@@H]2F. The number of carbonyl (C=O) groups excluding carboxylic acids is 3. The van der Waals surface area contributed by atoms with E-state index in [0.717, 1.165) is 0 Å². The first-order valence-electron chi connectivity index (χ1n) is 8.35. The summed E-state index contributed by atoms with van der Waals surface area (Å²) in [5.41, 5.74) is -1.68. The van der Waals surface area contributed by atoms with Gasteiger partial charge in [0.15, 0.2) is 5.78 Å². The number of Topliss-reactive ketones (excluding diaryl/α,β-unsaturated/α-hetero) is 1. The van der Waals surface area contributed by atoms with E-state index in [-0.39, 0.29) is 37.1 Å². The van der Waals surface area contributed by atoms with Gasteiger partial charge in [-0.1, -0.05) is 0 Å². The van der Waals surface area contributed by atoms with Crippen LogP contribution in [0.1, 0.15) is 33.6 Å². The minimum Gasteiger partial charge on any atom is -0.468 e. The number of methoxy groups -OCH3 is 1. The Balaban J connectivity index is 1.79. The molecule has 1 saturated heterocycles. The van der Waals surface area contributed by atoms with Gasteiger partial charge in [0.2, 0.25) is 0 Å². The van der Waals surface area contributed by atoms with Gasteiger partial charge in [0.05, 0.1) is 13.7 Å². The number of ether oxygens (including phenoxy) is 2. The molecular weight excluding hydrogens is 317 g/mol. The molecule has 3 fully saturated rings. The Kier molecular flexibility index (Phi) is 3.88. The van der Waals surface area contributed by atoms with Gasteiger partial charge >= 0.3 is 12.1 Å². The number of alkyl halides is 1. The van der Waals surface area contributed by atoms with E-state index < -0.39 is 35.2 Å². The molecule has 3 unspecified atom stereocenters. The lowest BCUT2D eigenvalue weighted by Crippen LogP contribution is -2.56. The number of esters is 1. The van der Waals surface area contributed by atoms with Crippen molar-refractivity contribution in [3.63, 3.8) is 0 Å². The third-order valence-electron chi connectivity index (χ3n) is 5.54. The average molecular weight is 341 g/mol. The number of amides is 1. The first-order valence-corrected chi connectivity index (χ1v) is 8.35. The molecule has 3 aliphatic rings. The van der Waals surface area contributed by atoms with E-state index in [2.05, 4.69) is 0 Å². The lowest BCUT2D eigenvalue weighted by atomic mass is 9.66. The summed E-state index contributed by atoms with van der Waals surface area (Å²) >= 11 is 0. The Morgan fingerprint density at radius 2 is 2.00 bits per heavy atom. The van der Waals surface area contributed by atoms with E-state index in [9.17, 15) is 14.4 Å². The zero-order chi connectivity index (χ0) is 17.9. The maximum absolute atomic E-state index is 15.2. The summed E-state index contributed by atoms with van der Waals surface area (Å²) in [7, 11) is 1.22. The second kappa shape index (κ2) is 5.43. The standard InChI is InChI=1S/C17H24FNO5/c1-16(2,3)24-15(22)19-6-5-17(11(18)8-19)10-7-9(10)13(20)12(17)14(21)23-4/h9-12H,5-8H2,1-4H3/t9?,10?,11-,12?,17+/m0/s1. The summed E-state index contributed by atoms with van der Waals surface area (Å²) in [6.45, 7) is 5.38. The number of nitrogens with zero attached hydrogens (tertiary/aromatic N) is 1. The number of piperidine rings is 1. The number of halogens is 1. The third-order valence-corrected chi connectivity index (χ3v) is 5.54. The molecule has 0 bridgehead atoms. The molecule has 2 aliphatic carbocycles. The van der Waals surface area contributed by atoms with E-state index >= 15 is 4.39 Å². The summed E-state index contributed by atoms with van der Waals surface area (Å²) in [6.07, 6.45) is -1.09. The van der Waals surface area contributed by atoms with Crippen molar-refractivity contribution >= 4 is 17.8 Å². The Morgan fingerprint density at radius 3 is 2.54 bits per heavy atom. The molecule has 0 aromatic heterocycles. The van der Waals surface area contributed by atoms with Crippen molar-refractivity contribution in [1.82, 2.24) is 4.90 Å². The minimum atomic E-state index is -1.44. The molecule has 0 N–H and O–H groups in total. The Labute approximate surface area is 140 Å². The van der Waals surface area contributed by atoms with Crippen molar-refractivity contribution < 1.29 is 28.2 Å². The number of carbonyl (C=O) groups is 3. The van der Waals surface area contributed by atoms with E-state index in [1.807, 2.05) is 0 Å². The van der Waals surface area contributed by atoms with Crippen molar-refractivity contribution in [3.8, 4) is 0 Å². The van der Waals surface area contributed by atoms with E-state index in [1.54, 1.807) is 20.8 Å². The lowest BCUT2D eigenvalue weighted by molar-refractivity contribution is -0.159. The van der Waals surface area contributed by atoms with Gasteiger partial charge in [-0.3, -0.25) is 9.59 Å². The van der Waals surface area contributed by atoms with Crippen LogP contribution in [0.4, 0.5) is 9.18 Å². The molecule has 24 heavy (non-hydrogen) atoms. The molecule has 6 nitrogen and oxygen atoms in total. The van der Waals surface area contributed by atoms with Crippen LogP contribution in [0.15, 0.2) is 0 Å². The molecular formula is C17H24FNO5. The van der Waals surface area contributed by atoms with E-state index in [1.165, 1.54) is 12.0 Å². The predicted octanol–water partition coefficient (Wildman–Crippen LogP) is 1.96. The zero-order valence-corrected chi connectivity index (χ0v) is 14.5. The molecule has 1 amide bonds. The molecule has 5 atom stereocenters. The monoisotopic (exact) mass is 341 g/mol. The van der Waals surface area contributed by atoms with Crippen LogP contribution >= 0.6 is 0 Å². The van der Waals surface area contributed by atoms with Crippen LogP contribution in [0.25, 0.3) is 0 Å². The maximum atomic E-state index is 15.2. The van der Waals surface area contributed by atoms with Crippen molar-refractivity contribution in [3.05, 3.63) is 0 Å². The van der Waals surface area contributed by atoms with Crippen molar-refractivity contribution in [2.75, 3.05) is 20.2 Å². The van der Waals surface area contributed by atoms with Crippen molar-refractivity contribution in [2.45, 2.75) is 45.4 Å². The fourth-order valence-corrected chi connectivity index (χ4v) is 4.42. The predicted molar refractivity (Wildman–Crippen MR) is 81.9 cm³/mol. The highest BCUT2D eigenvalue weighted by Gasteiger charge is 2.74. The fraction of sp³-hybridized carbons (Fsp3) is 0.824. The number of likely N-dealkylation sites (tertiary alicyclic amines) is 1. The van der Waals surface area contributed by atoms with Crippen LogP contribution < -0.4 is 0 Å². The Hall–Kier alpha value is -1.66. The topological polar surface area (TPSA) is 72.9 Å². The van der Waals surface area contributed by atoms with Gasteiger partial charge < -0.3 is 14.4 Å². The zero-order valence-electron chi connectivity index (χ0n) is 14.5. The van der Waals surface area contributed by atoms with Crippen LogP contribution in [0, 0.1) is 23.2 Å². The molecule has 2 saturated carbocycles. The summed E-state index contributed by atoms with van der Waals surface area (Å²) in [5, 5.41) is 0. The van der Waals surface area contributed by atoms with Gasteiger partial charge in [-0.25, -0.2) is 9.18 Å². The van der Waals surface area contributed by atoms with Gasteiger partial charge in [-0.2, -0.15) is 0 Å². The van der Waals surface area contributed by atoms with Gasteiger partial charge in [0, 0.05) is 17.9 Å². The first-order chi connectivity index (χ1) is 11.1. The average Bonchev–Trinajstić information content (AvgIpc) is 3.23. The van der Waals surface area contributed by atoms with Crippen LogP contribution in [-0.2, 0) is 19.1 Å². The van der Waals surface area contributed by atoms with Crippen LogP contribution in [0.2, 0.25) is 0 Å². The molecule has 1 spiro atoms. The summed E-state index contributed by atoms with van der Waals surface area (Å²) in [4.78, 5) is 38.0. The van der Waals surface area contributed by atoms with E-state index in [4.69, 9.17) is 9.47 Å². The number of rotatable bonds is 1. The number of hydrogen-bond donors (Lipinski definition) is 0. The molecule has 0 radical (unpaired) electrons. The normalized spacial score (nSPS) is 38.0. The highest BCUT2D eigenvalue weighted by molar-refractivity contribution is 6.05. The summed E-state index contributed by atoms with van der Waals surface area (Å²) < 4.78 is 25.2. The van der Waals surface area contributed by atoms with Gasteiger partial charge in [-0.15, -0.1) is 0 Å². The molecule has 1 heterocycles. The quantitative estimate of drug-likeness (QED) is 0.538. The number of hydrogen-bond acceptors (Lipinski definition) is 5. The number of fused-ring (bicyclic) bond motifs is 2. The fourth-order valence-electron chi connectivity index (χ4n) is 4.42. The first kappa shape index (κ1) is 17.2. The number of ketones is 1. The molecule has 7 heteroatoms. The van der Waals surface area contributed by atoms with Crippen LogP contribution in [-0.4, -0.2) is 54.7 Å². The highest BCUT2D eigenvalue weighted by Crippen LogP contribution is 2.67. The van der Waals surface area contributed by atoms with Gasteiger partial charge in [-0.05, 0) is 39.5 Å². The summed E-state index contributed by atoms with van der Waals surface area (Å²) in [6, 6.07) is 0. The second-order valence-electron chi connectivity index (χ2n) is 8.06. The van der Waals surface area contributed by atoms with Crippen LogP contribution in [0.3, 0.4) is 0 Å². The maximum Gasteiger partial charge on any atom is 0.410 e. The van der Waals surface area contributed by atoms with Crippen molar-refractivity contribution in [1.29, 1.82) is 0 Å². The minimum absolute atomic E-state index is 0.107. The van der Waals surface area contributed by atoms with Gasteiger partial charge in [0.1, 0.15) is 17.7 Å².